The van der Waals surface area contributed by atoms with Crippen molar-refractivity contribution in [2.24, 2.45) is 0 Å². The molecule has 2 aliphatic rings. The Morgan fingerprint density at radius 2 is 1.88 bits per heavy atom. The summed E-state index contributed by atoms with van der Waals surface area (Å²) in [6.07, 6.45) is 3.32. The predicted octanol–water partition coefficient (Wildman–Crippen LogP) is 2.22. The molecule has 1 nitrogen and oxygen atoms in total. The van der Waals surface area contributed by atoms with Gasteiger partial charge in [-0.1, -0.05) is 30.3 Å². The van der Waals surface area contributed by atoms with Gasteiger partial charge in [0.2, 0.25) is 0 Å². The highest BCUT2D eigenvalue weighted by molar-refractivity contribution is 6.87. The molecule has 0 spiro atoms. The molecule has 0 N–H and O–H groups in total. The minimum Gasteiger partial charge on any atom is -0.306 e. The first kappa shape index (κ1) is 10.5. The fourth-order valence-electron chi connectivity index (χ4n) is 3.37. The number of rotatable bonds is 1. The van der Waals surface area contributed by atoms with E-state index in [0.29, 0.717) is 0 Å². The molecule has 2 heterocycles. The van der Waals surface area contributed by atoms with E-state index < -0.39 is 8.41 Å². The van der Waals surface area contributed by atoms with Crippen molar-refractivity contribution in [1.82, 2.24) is 4.90 Å². The molecular weight excluding hydrogens is 217 g/mol. The highest BCUT2D eigenvalue weighted by atomic mass is 28.4. The van der Waals surface area contributed by atoms with Crippen LogP contribution in [0.25, 0.3) is 0 Å². The molecule has 3 heteroatoms. The van der Waals surface area contributed by atoms with Crippen LogP contribution < -0.4 is 5.19 Å². The molecule has 0 aromatic heterocycles. The van der Waals surface area contributed by atoms with Gasteiger partial charge in [-0.15, -0.1) is 0 Å². The van der Waals surface area contributed by atoms with Crippen molar-refractivity contribution in [3.8, 4) is 0 Å². The lowest BCUT2D eigenvalue weighted by molar-refractivity contribution is 0.276. The van der Waals surface area contributed by atoms with Crippen molar-refractivity contribution < 1.29 is 4.11 Å². The van der Waals surface area contributed by atoms with E-state index in [1.54, 1.807) is 0 Å². The molecule has 2 atom stereocenters. The van der Waals surface area contributed by atoms with Gasteiger partial charge in [0.05, 0.1) is 0 Å². The molecule has 16 heavy (non-hydrogen) atoms. The molecule has 1 aromatic carbocycles. The first-order valence-corrected chi connectivity index (χ1v) is 8.45. The lowest BCUT2D eigenvalue weighted by Gasteiger charge is -2.39. The lowest BCUT2D eigenvalue weighted by atomic mass is 10.4. The minimum atomic E-state index is -2.72. The van der Waals surface area contributed by atoms with E-state index in [4.69, 9.17) is 0 Å². The molecule has 2 aliphatic heterocycles. The van der Waals surface area contributed by atoms with Crippen LogP contribution in [0.15, 0.2) is 30.3 Å². The molecule has 0 aliphatic carbocycles. The van der Waals surface area contributed by atoms with Gasteiger partial charge in [0.25, 0.3) is 8.41 Å². The van der Waals surface area contributed by atoms with Crippen LogP contribution >= 0.6 is 0 Å². The Bertz CT molecular complexity index is 369. The molecule has 1 aromatic rings. The molecular formula is C13H18FNSi. The third-order valence-corrected chi connectivity index (χ3v) is 8.22. The van der Waals surface area contributed by atoms with Crippen LogP contribution in [0.4, 0.5) is 4.11 Å². The third kappa shape index (κ3) is 1.53. The monoisotopic (exact) mass is 235 g/mol. The van der Waals surface area contributed by atoms with Crippen molar-refractivity contribution in [2.45, 2.75) is 31.0 Å². The summed E-state index contributed by atoms with van der Waals surface area (Å²) in [5, 5.41) is 1.02. The number of nitrogens with zero attached hydrogens (tertiary/aromatic N) is 1. The van der Waals surface area contributed by atoms with Crippen molar-refractivity contribution in [3.63, 3.8) is 0 Å². The Balaban J connectivity index is 1.96. The average Bonchev–Trinajstić information content (AvgIpc) is 2.80. The van der Waals surface area contributed by atoms with E-state index in [9.17, 15) is 0 Å². The maximum absolute atomic E-state index is 15.4. The molecule has 0 saturated carbocycles. The zero-order chi connectivity index (χ0) is 11.0. The molecule has 0 amide bonds. The predicted molar refractivity (Wildman–Crippen MR) is 67.0 cm³/mol. The fraction of sp³-hybridized carbons (Fsp3) is 0.538. The lowest BCUT2D eigenvalue weighted by Crippen LogP contribution is -2.62. The molecule has 2 fully saturated rings. The number of fused-ring (bicyclic) bond motifs is 1. The molecule has 0 radical (unpaired) electrons. The standard InChI is InChI=1S/C13H18FNSi/c14-16(12-6-2-1-3-7-12)11-5-10-15-9-4-8-13(15)16/h1-3,6-7,13H,4-5,8-11H2/t13-,16?/m0/s1. The van der Waals surface area contributed by atoms with Crippen molar-refractivity contribution >= 4 is 13.6 Å². The van der Waals surface area contributed by atoms with E-state index in [-0.39, 0.29) is 5.67 Å². The van der Waals surface area contributed by atoms with E-state index in [2.05, 4.69) is 4.90 Å². The fourth-order valence-corrected chi connectivity index (χ4v) is 7.29. The van der Waals surface area contributed by atoms with Gasteiger partial charge in [-0.05, 0) is 43.6 Å². The quantitative estimate of drug-likeness (QED) is 0.533. The normalized spacial score (nSPS) is 34.9. The Morgan fingerprint density at radius 1 is 1.12 bits per heavy atom. The van der Waals surface area contributed by atoms with Gasteiger partial charge in [0.15, 0.2) is 0 Å². The van der Waals surface area contributed by atoms with Crippen LogP contribution in [0.5, 0.6) is 0 Å². The van der Waals surface area contributed by atoms with Crippen molar-refractivity contribution in [3.05, 3.63) is 30.3 Å². The zero-order valence-electron chi connectivity index (χ0n) is 9.53. The van der Waals surface area contributed by atoms with Crippen LogP contribution in [-0.4, -0.2) is 32.1 Å². The smallest absolute Gasteiger partial charge is 0.294 e. The van der Waals surface area contributed by atoms with Gasteiger partial charge < -0.3 is 9.01 Å². The van der Waals surface area contributed by atoms with E-state index in [0.717, 1.165) is 37.2 Å². The maximum Gasteiger partial charge on any atom is 0.294 e. The van der Waals surface area contributed by atoms with Crippen LogP contribution in [0.2, 0.25) is 6.04 Å². The number of hydrogen-bond donors (Lipinski definition) is 0. The number of hydrogen-bond acceptors (Lipinski definition) is 1. The van der Waals surface area contributed by atoms with Gasteiger partial charge in [-0.3, -0.25) is 0 Å². The number of halogens is 1. The average molecular weight is 235 g/mol. The first-order chi connectivity index (χ1) is 7.81. The Morgan fingerprint density at radius 3 is 2.69 bits per heavy atom. The van der Waals surface area contributed by atoms with Crippen LogP contribution in [0.3, 0.4) is 0 Å². The summed E-state index contributed by atoms with van der Waals surface area (Å²) >= 11 is 0. The highest BCUT2D eigenvalue weighted by Crippen LogP contribution is 2.34. The maximum atomic E-state index is 15.4. The Hall–Kier alpha value is -0.673. The summed E-state index contributed by atoms with van der Waals surface area (Å²) in [6.45, 7) is 2.24. The van der Waals surface area contributed by atoms with Gasteiger partial charge >= 0.3 is 0 Å². The molecule has 1 unspecified atom stereocenters. The van der Waals surface area contributed by atoms with Gasteiger partial charge in [0, 0.05) is 5.67 Å². The summed E-state index contributed by atoms with van der Waals surface area (Å²) in [6, 6.07) is 10.8. The molecule has 2 saturated heterocycles. The van der Waals surface area contributed by atoms with Crippen molar-refractivity contribution in [2.75, 3.05) is 13.1 Å². The summed E-state index contributed by atoms with van der Waals surface area (Å²) in [7, 11) is -2.72. The van der Waals surface area contributed by atoms with Crippen LogP contribution in [0, 0.1) is 0 Å². The summed E-state index contributed by atoms with van der Waals surface area (Å²) in [5.41, 5.74) is 0.267. The third-order valence-electron chi connectivity index (χ3n) is 4.13. The Kier molecular flexibility index (Phi) is 2.60. The number of benzene rings is 1. The van der Waals surface area contributed by atoms with Gasteiger partial charge in [-0.2, -0.15) is 0 Å². The molecule has 3 rings (SSSR count). The second kappa shape index (κ2) is 3.97. The largest absolute Gasteiger partial charge is 0.306 e. The van der Waals surface area contributed by atoms with E-state index in [1.807, 2.05) is 30.3 Å². The van der Waals surface area contributed by atoms with Crippen molar-refractivity contribution in [1.29, 1.82) is 0 Å². The highest BCUT2D eigenvalue weighted by Gasteiger charge is 2.51. The van der Waals surface area contributed by atoms with Crippen LogP contribution in [0.1, 0.15) is 19.3 Å². The molecule has 0 bridgehead atoms. The van der Waals surface area contributed by atoms with E-state index >= 15 is 4.11 Å². The second-order valence-electron chi connectivity index (χ2n) is 5.03. The SMILES string of the molecule is F[Si]1(c2ccccc2)CCCN2CCC[C@@H]21. The summed E-state index contributed by atoms with van der Waals surface area (Å²) in [5.74, 6) is 0. The van der Waals surface area contributed by atoms with Gasteiger partial charge in [-0.25, -0.2) is 0 Å². The Labute approximate surface area is 97.5 Å². The van der Waals surface area contributed by atoms with Crippen LogP contribution in [-0.2, 0) is 0 Å². The zero-order valence-corrected chi connectivity index (χ0v) is 10.5. The minimum absolute atomic E-state index is 0.267. The summed E-state index contributed by atoms with van der Waals surface area (Å²) in [4.78, 5) is 2.41. The topological polar surface area (TPSA) is 3.24 Å². The first-order valence-electron chi connectivity index (χ1n) is 6.29. The summed E-state index contributed by atoms with van der Waals surface area (Å²) < 4.78 is 15.4. The van der Waals surface area contributed by atoms with Gasteiger partial charge in [0.1, 0.15) is 0 Å². The van der Waals surface area contributed by atoms with E-state index in [1.165, 1.54) is 6.42 Å². The molecule has 86 valence electrons. The second-order valence-corrected chi connectivity index (χ2v) is 8.49.